The number of amides is 1. The number of aliphatic hydroxyl groups is 1. The third kappa shape index (κ3) is 3.49. The number of aryl methyl sites for hydroxylation is 1. The van der Waals surface area contributed by atoms with Gasteiger partial charge >= 0.3 is 0 Å². The third-order valence-corrected chi connectivity index (χ3v) is 4.77. The van der Waals surface area contributed by atoms with E-state index in [4.69, 9.17) is 0 Å². The van der Waals surface area contributed by atoms with Crippen LogP contribution in [0.1, 0.15) is 42.1 Å². The molecule has 2 aromatic rings. The first-order valence-corrected chi connectivity index (χ1v) is 8.27. The Kier molecular flexibility index (Phi) is 4.67. The molecular weight excluding hydrogens is 305 g/mol. The number of benzene rings is 2. The SMILES string of the molecule is Cc1ccccc1C1CC1C(=O)NC(C)C(O)c1ccc(F)cc1. The molecule has 4 unspecified atom stereocenters. The van der Waals surface area contributed by atoms with Crippen LogP contribution in [0.25, 0.3) is 0 Å². The summed E-state index contributed by atoms with van der Waals surface area (Å²) >= 11 is 0. The van der Waals surface area contributed by atoms with Gasteiger partial charge in [-0.3, -0.25) is 4.79 Å². The summed E-state index contributed by atoms with van der Waals surface area (Å²) in [6.45, 7) is 3.82. The molecule has 126 valence electrons. The number of rotatable bonds is 5. The molecule has 0 heterocycles. The van der Waals surface area contributed by atoms with Crippen molar-refractivity contribution in [2.75, 3.05) is 0 Å². The van der Waals surface area contributed by atoms with Gasteiger partial charge in [-0.15, -0.1) is 0 Å². The molecular formula is C20H22FNO2. The molecule has 0 bridgehead atoms. The largest absolute Gasteiger partial charge is 0.386 e. The Labute approximate surface area is 141 Å². The molecule has 0 aromatic heterocycles. The van der Waals surface area contributed by atoms with E-state index < -0.39 is 12.1 Å². The van der Waals surface area contributed by atoms with Gasteiger partial charge in [-0.2, -0.15) is 0 Å². The third-order valence-electron chi connectivity index (χ3n) is 4.77. The number of hydrogen-bond acceptors (Lipinski definition) is 2. The first-order valence-electron chi connectivity index (χ1n) is 8.27. The van der Waals surface area contributed by atoms with Gasteiger partial charge in [0.1, 0.15) is 5.82 Å². The molecule has 0 radical (unpaired) electrons. The van der Waals surface area contributed by atoms with Crippen molar-refractivity contribution < 1.29 is 14.3 Å². The van der Waals surface area contributed by atoms with Gasteiger partial charge in [-0.1, -0.05) is 36.4 Å². The maximum absolute atomic E-state index is 13.0. The van der Waals surface area contributed by atoms with Crippen molar-refractivity contribution >= 4 is 5.91 Å². The molecule has 1 amide bonds. The highest BCUT2D eigenvalue weighted by Gasteiger charge is 2.44. The molecule has 0 spiro atoms. The van der Waals surface area contributed by atoms with Crippen molar-refractivity contribution in [3.63, 3.8) is 0 Å². The molecule has 1 fully saturated rings. The van der Waals surface area contributed by atoms with Crippen LogP contribution < -0.4 is 5.32 Å². The van der Waals surface area contributed by atoms with Crippen LogP contribution in [0.4, 0.5) is 4.39 Å². The average molecular weight is 327 g/mol. The number of nitrogens with one attached hydrogen (secondary N) is 1. The molecule has 2 N–H and O–H groups in total. The minimum Gasteiger partial charge on any atom is -0.386 e. The van der Waals surface area contributed by atoms with Gasteiger partial charge < -0.3 is 10.4 Å². The fourth-order valence-corrected chi connectivity index (χ4v) is 3.19. The summed E-state index contributed by atoms with van der Waals surface area (Å²) in [5.74, 6) is -0.145. The minimum atomic E-state index is -0.856. The van der Waals surface area contributed by atoms with Crippen LogP contribution in [0.5, 0.6) is 0 Å². The van der Waals surface area contributed by atoms with Crippen molar-refractivity contribution in [1.29, 1.82) is 0 Å². The number of hydrogen-bond donors (Lipinski definition) is 2. The van der Waals surface area contributed by atoms with Crippen LogP contribution in [0.15, 0.2) is 48.5 Å². The lowest BCUT2D eigenvalue weighted by Gasteiger charge is -2.21. The van der Waals surface area contributed by atoms with E-state index in [0.717, 1.165) is 6.42 Å². The second kappa shape index (κ2) is 6.73. The highest BCUT2D eigenvalue weighted by atomic mass is 19.1. The van der Waals surface area contributed by atoms with Crippen LogP contribution in [-0.2, 0) is 4.79 Å². The second-order valence-corrected chi connectivity index (χ2v) is 6.60. The molecule has 1 aliphatic carbocycles. The summed E-state index contributed by atoms with van der Waals surface area (Å²) in [4.78, 5) is 12.4. The highest BCUT2D eigenvalue weighted by Crippen LogP contribution is 2.48. The van der Waals surface area contributed by atoms with E-state index in [-0.39, 0.29) is 23.6 Å². The molecule has 0 aliphatic heterocycles. The second-order valence-electron chi connectivity index (χ2n) is 6.60. The van der Waals surface area contributed by atoms with Gasteiger partial charge in [-0.25, -0.2) is 4.39 Å². The van der Waals surface area contributed by atoms with Crippen molar-refractivity contribution in [1.82, 2.24) is 5.32 Å². The number of carbonyl (C=O) groups is 1. The maximum atomic E-state index is 13.0. The van der Waals surface area contributed by atoms with Gasteiger partial charge in [0.25, 0.3) is 0 Å². The lowest BCUT2D eigenvalue weighted by atomic mass is 10.0. The quantitative estimate of drug-likeness (QED) is 0.883. The first-order chi connectivity index (χ1) is 11.5. The normalized spacial score (nSPS) is 21.8. The van der Waals surface area contributed by atoms with Gasteiger partial charge in [0.05, 0.1) is 12.1 Å². The van der Waals surface area contributed by atoms with Crippen LogP contribution in [-0.4, -0.2) is 17.1 Å². The Morgan fingerprint density at radius 3 is 2.54 bits per heavy atom. The predicted molar refractivity (Wildman–Crippen MR) is 91.0 cm³/mol. The molecule has 24 heavy (non-hydrogen) atoms. The average Bonchev–Trinajstić information content (AvgIpc) is 3.36. The van der Waals surface area contributed by atoms with Crippen molar-refractivity contribution in [2.24, 2.45) is 5.92 Å². The lowest BCUT2D eigenvalue weighted by molar-refractivity contribution is -0.123. The maximum Gasteiger partial charge on any atom is 0.224 e. The summed E-state index contributed by atoms with van der Waals surface area (Å²) in [5, 5.41) is 13.2. The molecule has 3 nitrogen and oxygen atoms in total. The minimum absolute atomic E-state index is 0.0306. The Hall–Kier alpha value is -2.20. The van der Waals surface area contributed by atoms with Gasteiger partial charge in [0.15, 0.2) is 0 Å². The van der Waals surface area contributed by atoms with Gasteiger partial charge in [-0.05, 0) is 55.0 Å². The van der Waals surface area contributed by atoms with Crippen LogP contribution >= 0.6 is 0 Å². The zero-order chi connectivity index (χ0) is 17.3. The van der Waals surface area contributed by atoms with E-state index in [2.05, 4.69) is 24.4 Å². The zero-order valence-corrected chi connectivity index (χ0v) is 13.9. The molecule has 4 heteroatoms. The monoisotopic (exact) mass is 327 g/mol. The summed E-state index contributed by atoms with van der Waals surface area (Å²) < 4.78 is 13.0. The van der Waals surface area contributed by atoms with Crippen molar-refractivity contribution in [2.45, 2.75) is 38.3 Å². The van der Waals surface area contributed by atoms with E-state index in [1.165, 1.54) is 35.4 Å². The topological polar surface area (TPSA) is 49.3 Å². The number of aliphatic hydroxyl groups excluding tert-OH is 1. The summed E-state index contributed by atoms with van der Waals surface area (Å²) in [5.41, 5.74) is 3.03. The standard InChI is InChI=1S/C20H22FNO2/c1-12-5-3-4-6-16(12)17-11-18(17)20(24)22-13(2)19(23)14-7-9-15(21)10-8-14/h3-10,13,17-19,23H,11H2,1-2H3,(H,22,24). The fourth-order valence-electron chi connectivity index (χ4n) is 3.19. The Morgan fingerprint density at radius 1 is 1.21 bits per heavy atom. The van der Waals surface area contributed by atoms with Crippen LogP contribution in [0, 0.1) is 18.7 Å². The summed E-state index contributed by atoms with van der Waals surface area (Å²) in [6.07, 6.45) is -0.0130. The smallest absolute Gasteiger partial charge is 0.224 e. The Balaban J connectivity index is 1.59. The molecule has 1 aliphatic rings. The molecule has 3 rings (SSSR count). The molecule has 0 saturated heterocycles. The number of carbonyl (C=O) groups excluding carboxylic acids is 1. The lowest BCUT2D eigenvalue weighted by Crippen LogP contribution is -2.38. The van der Waals surface area contributed by atoms with Gasteiger partial charge in [0, 0.05) is 5.92 Å². The molecule has 4 atom stereocenters. The molecule has 2 aromatic carbocycles. The Morgan fingerprint density at radius 2 is 1.88 bits per heavy atom. The van der Waals surface area contributed by atoms with E-state index in [0.29, 0.717) is 5.56 Å². The first kappa shape index (κ1) is 16.7. The van der Waals surface area contributed by atoms with Crippen molar-refractivity contribution in [3.05, 3.63) is 71.0 Å². The fraction of sp³-hybridized carbons (Fsp3) is 0.350. The van der Waals surface area contributed by atoms with E-state index in [9.17, 15) is 14.3 Å². The van der Waals surface area contributed by atoms with Crippen LogP contribution in [0.3, 0.4) is 0 Å². The van der Waals surface area contributed by atoms with E-state index in [1.807, 2.05) is 12.1 Å². The Bertz CT molecular complexity index is 729. The van der Waals surface area contributed by atoms with E-state index >= 15 is 0 Å². The van der Waals surface area contributed by atoms with Crippen LogP contribution in [0.2, 0.25) is 0 Å². The zero-order valence-electron chi connectivity index (χ0n) is 13.9. The summed E-state index contributed by atoms with van der Waals surface area (Å²) in [6, 6.07) is 13.4. The molecule has 1 saturated carbocycles. The highest BCUT2D eigenvalue weighted by molar-refractivity contribution is 5.83. The predicted octanol–water partition coefficient (Wildman–Crippen LogP) is 3.48. The van der Waals surface area contributed by atoms with E-state index in [1.54, 1.807) is 6.92 Å². The van der Waals surface area contributed by atoms with Crippen molar-refractivity contribution in [3.8, 4) is 0 Å². The van der Waals surface area contributed by atoms with Gasteiger partial charge in [0.2, 0.25) is 5.91 Å². The summed E-state index contributed by atoms with van der Waals surface area (Å²) in [7, 11) is 0. The number of halogens is 1.